The number of nitrogens with one attached hydrogen (secondary N) is 2. The molecule has 1 aromatic carbocycles. The highest BCUT2D eigenvalue weighted by atomic mass is 35.5. The Kier molecular flexibility index (Phi) is 8.56. The van der Waals surface area contributed by atoms with Gasteiger partial charge in [0.25, 0.3) is 0 Å². The Labute approximate surface area is 215 Å². The number of aromatic nitrogens is 1. The topological polar surface area (TPSA) is 112 Å². The van der Waals surface area contributed by atoms with E-state index in [4.69, 9.17) is 11.6 Å². The van der Waals surface area contributed by atoms with Crippen molar-refractivity contribution in [2.45, 2.75) is 65.3 Å². The molecule has 4 atom stereocenters. The first-order chi connectivity index (χ1) is 16.4. The fourth-order valence-electron chi connectivity index (χ4n) is 4.22. The van der Waals surface area contributed by atoms with Gasteiger partial charge in [-0.3, -0.25) is 14.4 Å². The van der Waals surface area contributed by atoms with Gasteiger partial charge in [0.15, 0.2) is 0 Å². The lowest BCUT2D eigenvalue weighted by Crippen LogP contribution is -2.58. The maximum Gasteiger partial charge on any atom is 0.246 e. The number of carbonyl (C=O) groups excluding carboxylic acids is 3. The van der Waals surface area contributed by atoms with Gasteiger partial charge in [-0.1, -0.05) is 45.0 Å². The molecule has 4 unspecified atom stereocenters. The standard InChI is InChI=1S/C25H33ClN4O4S/c1-14(16-6-8-17(9-7-16)21-15(2)27-13-35-21)28-23(33)19-10-18(31)12-30(19)24(34)22(25(3,4)5)29-20(32)11-26/h6-9,13-14,18-19,22,31H,10-12H2,1-5H3,(H,28,33)(H,29,32). The van der Waals surface area contributed by atoms with E-state index in [2.05, 4.69) is 15.6 Å². The summed E-state index contributed by atoms with van der Waals surface area (Å²) >= 11 is 7.21. The lowest BCUT2D eigenvalue weighted by molar-refractivity contribution is -0.143. The minimum absolute atomic E-state index is 0.0253. The van der Waals surface area contributed by atoms with Crippen LogP contribution >= 0.6 is 22.9 Å². The molecular weight excluding hydrogens is 488 g/mol. The molecule has 3 amide bonds. The number of aryl methyl sites for hydroxylation is 1. The number of aliphatic hydroxyl groups excluding tert-OH is 1. The first kappa shape index (κ1) is 27.1. The highest BCUT2D eigenvalue weighted by Crippen LogP contribution is 2.29. The van der Waals surface area contributed by atoms with E-state index in [0.29, 0.717) is 0 Å². The Morgan fingerprint density at radius 3 is 2.43 bits per heavy atom. The van der Waals surface area contributed by atoms with Crippen molar-refractivity contribution in [1.29, 1.82) is 0 Å². The number of hydrogen-bond acceptors (Lipinski definition) is 6. The zero-order valence-electron chi connectivity index (χ0n) is 20.7. The van der Waals surface area contributed by atoms with Crippen molar-refractivity contribution in [1.82, 2.24) is 20.5 Å². The second-order valence-corrected chi connectivity index (χ2v) is 11.1. The summed E-state index contributed by atoms with van der Waals surface area (Å²) in [5.74, 6) is -1.50. The average molecular weight is 521 g/mol. The highest BCUT2D eigenvalue weighted by Gasteiger charge is 2.44. The Bertz CT molecular complexity index is 1070. The summed E-state index contributed by atoms with van der Waals surface area (Å²) < 4.78 is 0. The molecule has 2 heterocycles. The van der Waals surface area contributed by atoms with Crippen LogP contribution in [0.5, 0.6) is 0 Å². The molecule has 10 heteroatoms. The summed E-state index contributed by atoms with van der Waals surface area (Å²) in [7, 11) is 0. The van der Waals surface area contributed by atoms with Crippen molar-refractivity contribution in [2.24, 2.45) is 5.41 Å². The molecule has 2 aromatic rings. The van der Waals surface area contributed by atoms with Crippen LogP contribution in [0.25, 0.3) is 10.4 Å². The van der Waals surface area contributed by atoms with Gasteiger partial charge in [0, 0.05) is 13.0 Å². The van der Waals surface area contributed by atoms with Crippen LogP contribution in [0.1, 0.15) is 51.4 Å². The van der Waals surface area contributed by atoms with Crippen molar-refractivity contribution in [3.8, 4) is 10.4 Å². The van der Waals surface area contributed by atoms with Crippen LogP contribution < -0.4 is 10.6 Å². The van der Waals surface area contributed by atoms with Gasteiger partial charge in [0.1, 0.15) is 18.0 Å². The third-order valence-electron chi connectivity index (χ3n) is 6.18. The Hall–Kier alpha value is -2.49. The largest absolute Gasteiger partial charge is 0.391 e. The summed E-state index contributed by atoms with van der Waals surface area (Å²) in [4.78, 5) is 45.3. The molecule has 0 spiro atoms. The van der Waals surface area contributed by atoms with Crippen molar-refractivity contribution in [3.63, 3.8) is 0 Å². The molecule has 1 aliphatic heterocycles. The second-order valence-electron chi connectivity index (χ2n) is 10.0. The maximum absolute atomic E-state index is 13.4. The molecule has 0 radical (unpaired) electrons. The number of alkyl halides is 1. The van der Waals surface area contributed by atoms with Crippen molar-refractivity contribution >= 4 is 40.7 Å². The fraction of sp³-hybridized carbons (Fsp3) is 0.520. The maximum atomic E-state index is 13.4. The molecule has 1 aromatic heterocycles. The van der Waals surface area contributed by atoms with Crippen LogP contribution in [0.2, 0.25) is 0 Å². The van der Waals surface area contributed by atoms with Gasteiger partial charge in [0.2, 0.25) is 17.7 Å². The lowest BCUT2D eigenvalue weighted by Gasteiger charge is -2.35. The molecule has 1 aliphatic rings. The molecule has 35 heavy (non-hydrogen) atoms. The van der Waals surface area contributed by atoms with Crippen LogP contribution in [-0.2, 0) is 14.4 Å². The van der Waals surface area contributed by atoms with E-state index in [1.807, 2.05) is 64.4 Å². The summed E-state index contributed by atoms with van der Waals surface area (Å²) in [6.45, 7) is 9.34. The van der Waals surface area contributed by atoms with Crippen molar-refractivity contribution in [2.75, 3.05) is 12.4 Å². The van der Waals surface area contributed by atoms with Gasteiger partial charge in [-0.2, -0.15) is 0 Å². The van der Waals surface area contributed by atoms with Crippen LogP contribution in [-0.4, -0.2) is 63.3 Å². The van der Waals surface area contributed by atoms with Crippen LogP contribution in [0.4, 0.5) is 0 Å². The number of halogens is 1. The van der Waals surface area contributed by atoms with Crippen LogP contribution in [0.3, 0.4) is 0 Å². The monoisotopic (exact) mass is 520 g/mol. The van der Waals surface area contributed by atoms with Crippen LogP contribution in [0, 0.1) is 12.3 Å². The number of likely N-dealkylation sites (tertiary alicyclic amines) is 1. The van der Waals surface area contributed by atoms with E-state index in [-0.39, 0.29) is 30.8 Å². The molecular formula is C25H33ClN4O4S. The number of rotatable bonds is 7. The Morgan fingerprint density at radius 2 is 1.89 bits per heavy atom. The predicted octanol–water partition coefficient (Wildman–Crippen LogP) is 3.03. The van der Waals surface area contributed by atoms with E-state index < -0.39 is 35.4 Å². The van der Waals surface area contributed by atoms with Crippen molar-refractivity contribution in [3.05, 3.63) is 41.0 Å². The quantitative estimate of drug-likeness (QED) is 0.486. The number of β-amino-alcohol motifs (C(OH)–C–C–N with tert-alkyl or cyclic N) is 1. The van der Waals surface area contributed by atoms with Gasteiger partial charge in [-0.25, -0.2) is 4.98 Å². The molecule has 1 saturated heterocycles. The van der Waals surface area contributed by atoms with E-state index in [0.717, 1.165) is 21.7 Å². The molecule has 1 fully saturated rings. The molecule has 8 nitrogen and oxygen atoms in total. The van der Waals surface area contributed by atoms with Crippen molar-refractivity contribution < 1.29 is 19.5 Å². The van der Waals surface area contributed by atoms with Gasteiger partial charge >= 0.3 is 0 Å². The zero-order valence-corrected chi connectivity index (χ0v) is 22.2. The predicted molar refractivity (Wildman–Crippen MR) is 137 cm³/mol. The zero-order chi connectivity index (χ0) is 25.9. The molecule has 0 saturated carbocycles. The van der Waals surface area contributed by atoms with Gasteiger partial charge < -0.3 is 20.6 Å². The summed E-state index contributed by atoms with van der Waals surface area (Å²) in [6, 6.07) is 5.91. The smallest absolute Gasteiger partial charge is 0.246 e. The molecule has 3 N–H and O–H groups in total. The summed E-state index contributed by atoms with van der Waals surface area (Å²) in [5, 5.41) is 15.9. The molecule has 190 valence electrons. The van der Waals surface area contributed by atoms with Gasteiger partial charge in [0.05, 0.1) is 28.2 Å². The van der Waals surface area contributed by atoms with E-state index >= 15 is 0 Å². The average Bonchev–Trinajstić information content (AvgIpc) is 3.41. The molecule has 0 aliphatic carbocycles. The summed E-state index contributed by atoms with van der Waals surface area (Å²) in [6.07, 6.45) is -0.690. The first-order valence-corrected chi connectivity index (χ1v) is 13.0. The minimum Gasteiger partial charge on any atom is -0.391 e. The normalized spacial score (nSPS) is 19.8. The fourth-order valence-corrected chi connectivity index (χ4v) is 5.10. The number of carbonyl (C=O) groups is 3. The number of benzene rings is 1. The number of amides is 3. The molecule has 3 rings (SSSR count). The number of aliphatic hydroxyl groups is 1. The molecule has 0 bridgehead atoms. The van der Waals surface area contributed by atoms with E-state index in [1.54, 1.807) is 11.3 Å². The SMILES string of the molecule is Cc1ncsc1-c1ccc(C(C)NC(=O)C2CC(O)CN2C(=O)C(NC(=O)CCl)C(C)(C)C)cc1. The second kappa shape index (κ2) is 11.1. The minimum atomic E-state index is -0.880. The van der Waals surface area contributed by atoms with Gasteiger partial charge in [-0.15, -0.1) is 22.9 Å². The first-order valence-electron chi connectivity index (χ1n) is 11.6. The lowest BCUT2D eigenvalue weighted by atomic mass is 9.85. The van der Waals surface area contributed by atoms with Gasteiger partial charge in [-0.05, 0) is 30.4 Å². The number of thiazole rings is 1. The third kappa shape index (κ3) is 6.39. The Balaban J connectivity index is 1.73. The number of hydrogen-bond donors (Lipinski definition) is 3. The Morgan fingerprint density at radius 1 is 1.23 bits per heavy atom. The van der Waals surface area contributed by atoms with Crippen LogP contribution in [0.15, 0.2) is 29.8 Å². The highest BCUT2D eigenvalue weighted by molar-refractivity contribution is 7.13. The summed E-state index contributed by atoms with van der Waals surface area (Å²) in [5.41, 5.74) is 4.16. The third-order valence-corrected chi connectivity index (χ3v) is 7.40. The van der Waals surface area contributed by atoms with E-state index in [1.165, 1.54) is 4.90 Å². The van der Waals surface area contributed by atoms with E-state index in [9.17, 15) is 19.5 Å². The number of nitrogens with zero attached hydrogens (tertiary/aromatic N) is 2.